The summed E-state index contributed by atoms with van der Waals surface area (Å²) in [7, 11) is -8.33. The number of carbonyl (C=O) groups is 3. The molecule has 2 amide bonds. The molecule has 3 N–H and O–H groups in total. The first-order valence-electron chi connectivity index (χ1n) is 19.1. The molecule has 13 nitrogen and oxygen atoms in total. The number of carbonyl (C=O) groups excluding carboxylic acids is 3. The third-order valence-corrected chi connectivity index (χ3v) is 11.6. The normalized spacial score (nSPS) is 12.6. The Kier molecular flexibility index (Phi) is 14.9. The van der Waals surface area contributed by atoms with Gasteiger partial charge in [0.15, 0.2) is 11.5 Å². The van der Waals surface area contributed by atoms with Gasteiger partial charge in [-0.1, -0.05) is 81.0 Å². The summed E-state index contributed by atoms with van der Waals surface area (Å²) in [5, 5.41) is 4.53. The Hall–Kier alpha value is -5.26. The molecular weight excluding hydrogens is 817 g/mol. The largest absolute Gasteiger partial charge is 0.489 e. The van der Waals surface area contributed by atoms with Crippen LogP contribution in [-0.4, -0.2) is 80.6 Å². The third kappa shape index (κ3) is 10.7. The van der Waals surface area contributed by atoms with E-state index in [1.165, 1.54) is 16.3 Å². The second kappa shape index (κ2) is 19.7. The molecule has 0 unspecified atom stereocenters. The lowest BCUT2D eigenvalue weighted by atomic mass is 9.88. The number of Topliss-reactive ketones (excluding diaryl/α,β-unsaturated/α-hetero) is 1. The average molecular weight is 863 g/mol. The van der Waals surface area contributed by atoms with Crippen LogP contribution in [0.3, 0.4) is 0 Å². The Morgan fingerprint density at radius 1 is 0.864 bits per heavy atom. The molecule has 0 aromatic heterocycles. The topological polar surface area (TPSA) is 194 Å². The van der Waals surface area contributed by atoms with Crippen LogP contribution in [-0.2, 0) is 31.5 Å². The molecule has 5 rings (SSSR count). The summed E-state index contributed by atoms with van der Waals surface area (Å²) in [5.41, 5.74) is 1.56. The highest BCUT2D eigenvalue weighted by molar-refractivity contribution is 7.86. The summed E-state index contributed by atoms with van der Waals surface area (Å²) in [6.07, 6.45) is 3.90. The number of fused-ring (bicyclic) bond motifs is 2. The second-order valence-corrected chi connectivity index (χ2v) is 16.9. The number of hydrogen-bond donors (Lipinski definition) is 3. The van der Waals surface area contributed by atoms with Gasteiger partial charge in [0.1, 0.15) is 27.9 Å². The number of nitrogens with zero attached hydrogens (tertiary/aromatic N) is 1. The quantitative estimate of drug-likeness (QED) is 0.0523. The molecule has 0 spiro atoms. The van der Waals surface area contributed by atoms with Crippen molar-refractivity contribution in [2.75, 3.05) is 26.7 Å². The zero-order valence-electron chi connectivity index (χ0n) is 32.9. The lowest BCUT2D eigenvalue weighted by molar-refractivity contribution is -0.119. The molecule has 1 heterocycles. The van der Waals surface area contributed by atoms with Gasteiger partial charge in [0, 0.05) is 65.8 Å². The fourth-order valence-electron chi connectivity index (χ4n) is 6.99. The van der Waals surface area contributed by atoms with E-state index in [1.54, 1.807) is 86.8 Å². The molecule has 0 bridgehead atoms. The van der Waals surface area contributed by atoms with Gasteiger partial charge < -0.3 is 19.7 Å². The lowest BCUT2D eigenvalue weighted by Gasteiger charge is -2.27. The number of hydrogen-bond acceptors (Lipinski definition) is 10. The molecule has 4 aromatic rings. The van der Waals surface area contributed by atoms with Crippen LogP contribution in [0.4, 0.5) is 0 Å². The standard InChI is InChI=1S/C43H46N2O11S3/c1-4-11-28-19-21-35-37(36-22-20-29(12-5-2)41(59(52,53)54)39(36)56-38(35)40(28)58(49,50)51)33-17-6-7-18-34(33)43(48)45(3)24-10-15-31(46)14-9-23-44-42(47)30-13-8-16-32(27-30)55-25-26-57/h6-8,11,13,16-22,26-27H,4-5,9-10,12,14-15,23-25H2,1-3H3,(H,44,47)(H,49,50,51)(H,52,53,54)/b28-11+. The average Bonchev–Trinajstić information content (AvgIpc) is 3.19. The van der Waals surface area contributed by atoms with E-state index in [-0.39, 0.29) is 94.8 Å². The van der Waals surface area contributed by atoms with E-state index in [0.717, 1.165) is 0 Å². The van der Waals surface area contributed by atoms with Gasteiger partial charge in [0.2, 0.25) is 0 Å². The second-order valence-electron chi connectivity index (χ2n) is 13.9. The van der Waals surface area contributed by atoms with Crippen molar-refractivity contribution in [3.63, 3.8) is 0 Å². The van der Waals surface area contributed by atoms with Crippen LogP contribution in [0, 0.1) is 0 Å². The van der Waals surface area contributed by atoms with Crippen LogP contribution in [0.2, 0.25) is 0 Å². The van der Waals surface area contributed by atoms with Crippen molar-refractivity contribution in [1.29, 1.82) is 0 Å². The molecule has 0 radical (unpaired) electrons. The van der Waals surface area contributed by atoms with Gasteiger partial charge in [0.05, 0.1) is 0 Å². The number of thiocarbonyl (C=S) groups is 1. The van der Waals surface area contributed by atoms with Crippen molar-refractivity contribution in [3.8, 4) is 17.2 Å². The van der Waals surface area contributed by atoms with Gasteiger partial charge in [-0.3, -0.25) is 23.5 Å². The van der Waals surface area contributed by atoms with Crippen molar-refractivity contribution in [3.05, 3.63) is 111 Å². The minimum atomic E-state index is -4.97. The number of amides is 2. The lowest BCUT2D eigenvalue weighted by Crippen LogP contribution is -2.30. The first-order chi connectivity index (χ1) is 28.1. The Balaban J connectivity index is 1.39. The predicted molar refractivity (Wildman–Crippen MR) is 227 cm³/mol. The summed E-state index contributed by atoms with van der Waals surface area (Å²) < 4.78 is 84.6. The summed E-state index contributed by atoms with van der Waals surface area (Å²) in [6, 6.07) is 19.4. The molecule has 59 heavy (non-hydrogen) atoms. The van der Waals surface area contributed by atoms with Crippen LogP contribution in [0.25, 0.3) is 11.6 Å². The van der Waals surface area contributed by atoms with E-state index in [2.05, 4.69) is 5.32 Å². The molecule has 0 fully saturated rings. The van der Waals surface area contributed by atoms with E-state index in [4.69, 9.17) is 21.7 Å². The van der Waals surface area contributed by atoms with Gasteiger partial charge in [-0.05, 0) is 72.4 Å². The highest BCUT2D eigenvalue weighted by Gasteiger charge is 2.34. The molecule has 0 saturated heterocycles. The number of nitrogens with one attached hydrogen (secondary N) is 1. The zero-order valence-corrected chi connectivity index (χ0v) is 35.3. The van der Waals surface area contributed by atoms with Gasteiger partial charge in [-0.15, -0.1) is 0 Å². The smallest absolute Gasteiger partial charge is 0.298 e. The first-order valence-corrected chi connectivity index (χ1v) is 22.4. The fourth-order valence-corrected chi connectivity index (χ4v) is 8.78. The van der Waals surface area contributed by atoms with Crippen molar-refractivity contribution in [1.82, 2.24) is 10.2 Å². The van der Waals surface area contributed by atoms with Crippen molar-refractivity contribution in [2.24, 2.45) is 0 Å². The number of aryl methyl sites for hydroxylation is 1. The third-order valence-electron chi connectivity index (χ3n) is 9.59. The van der Waals surface area contributed by atoms with E-state index in [9.17, 15) is 40.3 Å². The molecule has 0 aliphatic carbocycles. The molecule has 0 atom stereocenters. The molecule has 312 valence electrons. The number of rotatable bonds is 19. The monoisotopic (exact) mass is 862 g/mol. The molecule has 0 saturated carbocycles. The maximum absolute atomic E-state index is 14.2. The Labute approximate surface area is 349 Å². The van der Waals surface area contributed by atoms with Crippen LogP contribution >= 0.6 is 12.2 Å². The van der Waals surface area contributed by atoms with Gasteiger partial charge in [-0.2, -0.15) is 16.8 Å². The summed E-state index contributed by atoms with van der Waals surface area (Å²) in [6.45, 7) is 4.33. The number of benzene rings is 4. The predicted octanol–water partition coefficient (Wildman–Crippen LogP) is 5.69. The Bertz CT molecular complexity index is 2620. The summed E-state index contributed by atoms with van der Waals surface area (Å²) >= 11 is 4.77. The SMILES string of the molecule is CC/C=c1\ccc2c(c1S(=O)(=O)O)Oc1c(ccc(CCC)c1S(=O)(=O)O)C=2c1ccccc1C(=O)N(C)CCCC(=O)CCCNC(=O)c1cccc(OCC=S)c1. The van der Waals surface area contributed by atoms with Gasteiger partial charge in [-0.25, -0.2) is 0 Å². The van der Waals surface area contributed by atoms with E-state index in [1.807, 2.05) is 6.92 Å². The first kappa shape index (κ1) is 44.8. The van der Waals surface area contributed by atoms with Crippen LogP contribution in [0.15, 0.2) is 82.6 Å². The fraction of sp³-hybridized carbons (Fsp3) is 0.302. The van der Waals surface area contributed by atoms with Crippen molar-refractivity contribution in [2.45, 2.75) is 68.6 Å². The minimum absolute atomic E-state index is 0.0338. The summed E-state index contributed by atoms with van der Waals surface area (Å²) in [4.78, 5) is 39.8. The van der Waals surface area contributed by atoms with Crippen molar-refractivity contribution >= 4 is 67.1 Å². The Morgan fingerprint density at radius 2 is 1.59 bits per heavy atom. The van der Waals surface area contributed by atoms with Crippen molar-refractivity contribution < 1.29 is 49.8 Å². The van der Waals surface area contributed by atoms with E-state index in [0.29, 0.717) is 42.6 Å². The maximum Gasteiger partial charge on any atom is 0.298 e. The van der Waals surface area contributed by atoms with Crippen LogP contribution in [0.1, 0.15) is 89.8 Å². The molecule has 1 aliphatic heterocycles. The Morgan fingerprint density at radius 3 is 2.29 bits per heavy atom. The summed E-state index contributed by atoms with van der Waals surface area (Å²) in [5.74, 6) is -0.939. The molecule has 16 heteroatoms. The zero-order chi connectivity index (χ0) is 42.9. The molecule has 1 aliphatic rings. The maximum atomic E-state index is 14.2. The van der Waals surface area contributed by atoms with Gasteiger partial charge in [0.25, 0.3) is 32.1 Å². The van der Waals surface area contributed by atoms with E-state index >= 15 is 0 Å². The van der Waals surface area contributed by atoms with Crippen LogP contribution in [0.5, 0.6) is 17.2 Å². The van der Waals surface area contributed by atoms with Gasteiger partial charge >= 0.3 is 0 Å². The number of ether oxygens (including phenoxy) is 2. The molecular formula is C43H46N2O11S3. The molecule has 4 aromatic carbocycles. The number of ketones is 1. The van der Waals surface area contributed by atoms with E-state index < -0.39 is 35.9 Å². The van der Waals surface area contributed by atoms with Crippen LogP contribution < -0.4 is 25.2 Å². The highest BCUT2D eigenvalue weighted by atomic mass is 32.2. The highest BCUT2D eigenvalue weighted by Crippen LogP contribution is 2.44. The minimum Gasteiger partial charge on any atom is -0.489 e.